The molecule has 0 aliphatic carbocycles. The number of esters is 1. The molecule has 1 aliphatic heterocycles. The molecule has 0 bridgehead atoms. The molecule has 8 heteroatoms. The van der Waals surface area contributed by atoms with Crippen LogP contribution in [0.15, 0.2) is 42.5 Å². The van der Waals surface area contributed by atoms with E-state index >= 15 is 0 Å². The number of rotatable bonds is 5. The zero-order valence-electron chi connectivity index (χ0n) is 19.7. The number of nitrogens with one attached hydrogen (secondary N) is 1. The third-order valence-corrected chi connectivity index (χ3v) is 6.51. The van der Waals surface area contributed by atoms with Gasteiger partial charge in [0, 0.05) is 53.9 Å². The number of aryl methyl sites for hydroxylation is 1. The van der Waals surface area contributed by atoms with Crippen LogP contribution in [0.1, 0.15) is 45.8 Å². The molecule has 0 spiro atoms. The molecule has 1 aliphatic rings. The van der Waals surface area contributed by atoms with Crippen molar-refractivity contribution in [1.29, 1.82) is 0 Å². The first-order chi connectivity index (χ1) is 16.2. The Kier molecular flexibility index (Phi) is 6.52. The molecular formula is C26H28FN3O4. The van der Waals surface area contributed by atoms with Crippen LogP contribution in [-0.4, -0.2) is 64.7 Å². The first-order valence-corrected chi connectivity index (χ1v) is 11.2. The fourth-order valence-electron chi connectivity index (χ4n) is 4.62. The fraction of sp³-hybridized carbons (Fsp3) is 0.346. The summed E-state index contributed by atoms with van der Waals surface area (Å²) in [7, 11) is 1.16. The highest BCUT2D eigenvalue weighted by Gasteiger charge is 2.34. The van der Waals surface area contributed by atoms with Crippen molar-refractivity contribution in [3.63, 3.8) is 0 Å². The van der Waals surface area contributed by atoms with Crippen molar-refractivity contribution in [3.05, 3.63) is 70.7 Å². The van der Waals surface area contributed by atoms with Gasteiger partial charge in [0.25, 0.3) is 11.7 Å². The third-order valence-electron chi connectivity index (χ3n) is 6.51. The van der Waals surface area contributed by atoms with Gasteiger partial charge in [0.15, 0.2) is 0 Å². The van der Waals surface area contributed by atoms with Gasteiger partial charge in [-0.25, -0.2) is 9.18 Å². The molecule has 34 heavy (non-hydrogen) atoms. The summed E-state index contributed by atoms with van der Waals surface area (Å²) in [6.07, 6.45) is 0. The van der Waals surface area contributed by atoms with Crippen LogP contribution in [-0.2, 0) is 16.1 Å². The van der Waals surface area contributed by atoms with E-state index < -0.39 is 11.8 Å². The van der Waals surface area contributed by atoms with Crippen LogP contribution in [0.3, 0.4) is 0 Å². The maximum Gasteiger partial charge on any atom is 0.379 e. The van der Waals surface area contributed by atoms with Gasteiger partial charge >= 0.3 is 5.97 Å². The Balaban J connectivity index is 1.58. The Hall–Kier alpha value is -3.52. The SMILES string of the molecule is COC(=O)C(=O)c1ccc2[nH]c(C)c(C(=O)N3CC(C)N(Cc4ccc(F)cc4)CC3C)c2c1. The minimum Gasteiger partial charge on any atom is -0.463 e. The van der Waals surface area contributed by atoms with E-state index in [1.54, 1.807) is 30.3 Å². The third kappa shape index (κ3) is 4.46. The number of carbonyl (C=O) groups is 3. The monoisotopic (exact) mass is 465 g/mol. The molecule has 4 rings (SSSR count). The highest BCUT2D eigenvalue weighted by Crippen LogP contribution is 2.28. The summed E-state index contributed by atoms with van der Waals surface area (Å²) in [5.74, 6) is -2.07. The summed E-state index contributed by atoms with van der Waals surface area (Å²) < 4.78 is 17.8. The predicted molar refractivity (Wildman–Crippen MR) is 126 cm³/mol. The lowest BCUT2D eigenvalue weighted by Crippen LogP contribution is -2.57. The molecule has 2 unspecified atom stereocenters. The second kappa shape index (κ2) is 9.38. The Morgan fingerprint density at radius 3 is 2.44 bits per heavy atom. The summed E-state index contributed by atoms with van der Waals surface area (Å²) >= 11 is 0. The number of hydrogen-bond acceptors (Lipinski definition) is 5. The minimum absolute atomic E-state index is 0.0478. The van der Waals surface area contributed by atoms with E-state index in [1.807, 2.05) is 18.7 Å². The topological polar surface area (TPSA) is 82.7 Å². The van der Waals surface area contributed by atoms with Crippen molar-refractivity contribution < 1.29 is 23.5 Å². The van der Waals surface area contributed by atoms with Crippen LogP contribution in [0, 0.1) is 12.7 Å². The van der Waals surface area contributed by atoms with E-state index in [9.17, 15) is 18.8 Å². The number of aromatic amines is 1. The molecule has 1 N–H and O–H groups in total. The number of halogens is 1. The van der Waals surface area contributed by atoms with Crippen LogP contribution >= 0.6 is 0 Å². The average Bonchev–Trinajstić information content (AvgIpc) is 3.15. The van der Waals surface area contributed by atoms with E-state index in [2.05, 4.69) is 21.5 Å². The molecule has 2 heterocycles. The van der Waals surface area contributed by atoms with Crippen LogP contribution in [0.4, 0.5) is 4.39 Å². The van der Waals surface area contributed by atoms with E-state index in [-0.39, 0.29) is 29.4 Å². The predicted octanol–water partition coefficient (Wildman–Crippen LogP) is 3.71. The van der Waals surface area contributed by atoms with Crippen LogP contribution in [0.25, 0.3) is 10.9 Å². The standard InChI is InChI=1S/C26H28FN3O4/c1-15-13-30(16(2)12-29(15)14-18-5-8-20(27)9-6-18)25(32)23-17(3)28-22-10-7-19(11-21(22)23)24(31)26(33)34-4/h5-11,15-16,28H,12-14H2,1-4H3. The number of hydrogen-bond donors (Lipinski definition) is 1. The van der Waals surface area contributed by atoms with E-state index in [0.29, 0.717) is 36.3 Å². The van der Waals surface area contributed by atoms with Crippen molar-refractivity contribution in [2.24, 2.45) is 0 Å². The molecule has 0 saturated carbocycles. The van der Waals surface area contributed by atoms with Crippen molar-refractivity contribution >= 4 is 28.6 Å². The number of Topliss-reactive ketones (excluding diaryl/α,β-unsaturated/α-hetero) is 1. The lowest BCUT2D eigenvalue weighted by molar-refractivity contribution is -0.135. The van der Waals surface area contributed by atoms with Gasteiger partial charge in [-0.05, 0) is 56.7 Å². The molecule has 1 fully saturated rings. The molecule has 1 amide bonds. The Morgan fingerprint density at radius 2 is 1.76 bits per heavy atom. The van der Waals surface area contributed by atoms with Gasteiger partial charge in [0.05, 0.1) is 12.7 Å². The number of aromatic nitrogens is 1. The summed E-state index contributed by atoms with van der Waals surface area (Å²) in [6, 6.07) is 11.4. The lowest BCUT2D eigenvalue weighted by atomic mass is 10.0. The number of fused-ring (bicyclic) bond motifs is 1. The zero-order valence-corrected chi connectivity index (χ0v) is 19.7. The second-order valence-electron chi connectivity index (χ2n) is 8.92. The van der Waals surface area contributed by atoms with Gasteiger partial charge in [-0.3, -0.25) is 14.5 Å². The molecule has 2 atom stereocenters. The summed E-state index contributed by atoms with van der Waals surface area (Å²) in [5.41, 5.74) is 3.13. The Morgan fingerprint density at radius 1 is 1.06 bits per heavy atom. The number of ether oxygens (including phenoxy) is 1. The number of carbonyl (C=O) groups excluding carboxylic acids is 3. The number of amides is 1. The second-order valence-corrected chi connectivity index (χ2v) is 8.92. The molecule has 2 aromatic carbocycles. The molecule has 1 saturated heterocycles. The molecule has 1 aromatic heterocycles. The van der Waals surface area contributed by atoms with Crippen LogP contribution in [0.5, 0.6) is 0 Å². The van der Waals surface area contributed by atoms with Crippen molar-refractivity contribution in [1.82, 2.24) is 14.8 Å². The number of nitrogens with zero attached hydrogens (tertiary/aromatic N) is 2. The van der Waals surface area contributed by atoms with Gasteiger partial charge in [0.1, 0.15) is 5.82 Å². The molecule has 178 valence electrons. The summed E-state index contributed by atoms with van der Waals surface area (Å²) in [5, 5.41) is 0.603. The number of H-pyrrole nitrogens is 1. The van der Waals surface area contributed by atoms with Gasteiger partial charge in [-0.1, -0.05) is 12.1 Å². The number of benzene rings is 2. The molecule has 7 nitrogen and oxygen atoms in total. The minimum atomic E-state index is -0.945. The normalized spacial score (nSPS) is 18.8. The Bertz CT molecular complexity index is 1250. The van der Waals surface area contributed by atoms with E-state index in [4.69, 9.17) is 0 Å². The quantitative estimate of drug-likeness (QED) is 0.353. The maximum absolute atomic E-state index is 13.7. The average molecular weight is 466 g/mol. The molecule has 3 aromatic rings. The lowest BCUT2D eigenvalue weighted by Gasteiger charge is -2.44. The maximum atomic E-state index is 13.7. The number of piperazine rings is 1. The summed E-state index contributed by atoms with van der Waals surface area (Å²) in [4.78, 5) is 45.1. The first kappa shape index (κ1) is 23.6. The largest absolute Gasteiger partial charge is 0.463 e. The smallest absolute Gasteiger partial charge is 0.379 e. The first-order valence-electron chi connectivity index (χ1n) is 11.2. The van der Waals surface area contributed by atoms with E-state index in [0.717, 1.165) is 18.2 Å². The van der Waals surface area contributed by atoms with Gasteiger partial charge < -0.3 is 14.6 Å². The Labute approximate surface area is 197 Å². The zero-order chi connectivity index (χ0) is 24.6. The fourth-order valence-corrected chi connectivity index (χ4v) is 4.62. The van der Waals surface area contributed by atoms with Gasteiger partial charge in [-0.2, -0.15) is 0 Å². The van der Waals surface area contributed by atoms with E-state index in [1.165, 1.54) is 12.1 Å². The van der Waals surface area contributed by atoms with Crippen molar-refractivity contribution in [3.8, 4) is 0 Å². The summed E-state index contributed by atoms with van der Waals surface area (Å²) in [6.45, 7) is 7.81. The number of ketones is 1. The van der Waals surface area contributed by atoms with Crippen LogP contribution in [0.2, 0.25) is 0 Å². The highest BCUT2D eigenvalue weighted by atomic mass is 19.1. The van der Waals surface area contributed by atoms with Gasteiger partial charge in [0.2, 0.25) is 0 Å². The van der Waals surface area contributed by atoms with Gasteiger partial charge in [-0.15, -0.1) is 0 Å². The molecule has 0 radical (unpaired) electrons. The van der Waals surface area contributed by atoms with Crippen molar-refractivity contribution in [2.45, 2.75) is 39.4 Å². The highest BCUT2D eigenvalue weighted by molar-refractivity contribution is 6.41. The van der Waals surface area contributed by atoms with Crippen molar-refractivity contribution in [2.75, 3.05) is 20.2 Å². The number of methoxy groups -OCH3 is 1. The van der Waals surface area contributed by atoms with Crippen LogP contribution < -0.4 is 0 Å². The molecular weight excluding hydrogens is 437 g/mol.